The van der Waals surface area contributed by atoms with E-state index in [-0.39, 0.29) is 6.29 Å². The van der Waals surface area contributed by atoms with Gasteiger partial charge in [0.1, 0.15) is 5.75 Å². The van der Waals surface area contributed by atoms with Crippen molar-refractivity contribution in [3.05, 3.63) is 48.5 Å². The van der Waals surface area contributed by atoms with Gasteiger partial charge in [0.2, 0.25) is 0 Å². The highest BCUT2D eigenvalue weighted by Gasteiger charge is 2.16. The molecule has 0 aromatic heterocycles. The molecule has 2 fully saturated rings. The molecule has 2 aliphatic rings. The fourth-order valence-electron chi connectivity index (χ4n) is 3.51. The molecule has 7 nitrogen and oxygen atoms in total. The minimum atomic E-state index is -1.43. The standard InChI is InChI=1S/C11H15BO4.C10H14BNO2/c13-12(14)9-4-6-10(7-5-9)16-11-3-1-2-8-15-11;13-11(14)9-3-5-10(6-4-9)12-7-1-2-8-12/h4-7,11,13-14H,1-3,8H2;3-6,13-14H,1-2,7-8H2. The van der Waals surface area contributed by atoms with E-state index in [9.17, 15) is 0 Å². The Balaban J connectivity index is 0.000000172. The minimum absolute atomic E-state index is 0.168. The summed E-state index contributed by atoms with van der Waals surface area (Å²) in [5.74, 6) is 0.691. The van der Waals surface area contributed by atoms with Crippen molar-refractivity contribution < 1.29 is 29.6 Å². The third-order valence-corrected chi connectivity index (χ3v) is 5.25. The van der Waals surface area contributed by atoms with Gasteiger partial charge in [-0.1, -0.05) is 24.3 Å². The Labute approximate surface area is 178 Å². The Bertz CT molecular complexity index is 745. The van der Waals surface area contributed by atoms with Gasteiger partial charge >= 0.3 is 14.2 Å². The van der Waals surface area contributed by atoms with E-state index in [1.165, 1.54) is 18.5 Å². The first-order valence-electron chi connectivity index (χ1n) is 10.5. The summed E-state index contributed by atoms with van der Waals surface area (Å²) >= 11 is 0. The van der Waals surface area contributed by atoms with Crippen LogP contribution in [0.1, 0.15) is 32.1 Å². The number of rotatable bonds is 5. The molecule has 0 aliphatic carbocycles. The fourth-order valence-corrected chi connectivity index (χ4v) is 3.51. The van der Waals surface area contributed by atoms with E-state index in [2.05, 4.69) is 4.90 Å². The molecule has 9 heteroatoms. The SMILES string of the molecule is OB(O)c1ccc(N2CCCC2)cc1.OB(O)c1ccc(OC2CCCCO2)cc1. The highest BCUT2D eigenvalue weighted by molar-refractivity contribution is 6.58. The molecule has 0 radical (unpaired) electrons. The number of hydrogen-bond donors (Lipinski definition) is 4. The second-order valence-corrected chi connectivity index (χ2v) is 7.52. The first kappa shape index (κ1) is 22.7. The molecule has 2 aliphatic heterocycles. The Hall–Kier alpha value is -2.03. The molecule has 2 saturated heterocycles. The van der Waals surface area contributed by atoms with E-state index >= 15 is 0 Å². The van der Waals surface area contributed by atoms with E-state index in [1.54, 1.807) is 36.4 Å². The number of hydrogen-bond acceptors (Lipinski definition) is 7. The minimum Gasteiger partial charge on any atom is -0.465 e. The summed E-state index contributed by atoms with van der Waals surface area (Å²) in [6, 6.07) is 14.1. The molecule has 2 aromatic rings. The van der Waals surface area contributed by atoms with Gasteiger partial charge in [0.15, 0.2) is 6.29 Å². The zero-order valence-electron chi connectivity index (χ0n) is 17.1. The van der Waals surface area contributed by atoms with Crippen molar-refractivity contribution in [2.24, 2.45) is 0 Å². The van der Waals surface area contributed by atoms with Crippen LogP contribution >= 0.6 is 0 Å². The van der Waals surface area contributed by atoms with Crippen LogP contribution < -0.4 is 20.6 Å². The van der Waals surface area contributed by atoms with Crippen LogP contribution in [0.2, 0.25) is 0 Å². The van der Waals surface area contributed by atoms with Gasteiger partial charge in [-0.15, -0.1) is 0 Å². The van der Waals surface area contributed by atoms with Crippen molar-refractivity contribution in [2.45, 2.75) is 38.4 Å². The predicted octanol–water partition coefficient (Wildman–Crippen LogP) is 0.238. The second-order valence-electron chi connectivity index (χ2n) is 7.52. The molecule has 1 unspecified atom stereocenters. The lowest BCUT2D eigenvalue weighted by atomic mass is 9.80. The van der Waals surface area contributed by atoms with Crippen LogP contribution in [0.3, 0.4) is 0 Å². The molecule has 0 saturated carbocycles. The van der Waals surface area contributed by atoms with Crippen molar-refractivity contribution >= 4 is 30.8 Å². The van der Waals surface area contributed by atoms with Crippen LogP contribution in [0.15, 0.2) is 48.5 Å². The first-order chi connectivity index (χ1) is 14.5. The Morgan fingerprint density at radius 1 is 0.767 bits per heavy atom. The van der Waals surface area contributed by atoms with Gasteiger partial charge in [0, 0.05) is 25.2 Å². The van der Waals surface area contributed by atoms with Gasteiger partial charge in [0.25, 0.3) is 0 Å². The quantitative estimate of drug-likeness (QED) is 0.521. The van der Waals surface area contributed by atoms with Crippen LogP contribution in [-0.2, 0) is 4.74 Å². The Kier molecular flexibility index (Phi) is 8.60. The highest BCUT2D eigenvalue weighted by atomic mass is 16.7. The summed E-state index contributed by atoms with van der Waals surface area (Å²) in [7, 11) is -2.79. The molecule has 0 amide bonds. The number of nitrogens with zero attached hydrogens (tertiary/aromatic N) is 1. The smallest absolute Gasteiger partial charge is 0.465 e. The average Bonchev–Trinajstić information content (AvgIpc) is 3.30. The average molecular weight is 413 g/mol. The molecule has 30 heavy (non-hydrogen) atoms. The summed E-state index contributed by atoms with van der Waals surface area (Å²) in [4.78, 5) is 2.31. The molecule has 0 spiro atoms. The number of ether oxygens (including phenoxy) is 2. The third-order valence-electron chi connectivity index (χ3n) is 5.25. The van der Waals surface area contributed by atoms with Crippen LogP contribution in [0.5, 0.6) is 5.75 Å². The van der Waals surface area contributed by atoms with Gasteiger partial charge in [-0.3, -0.25) is 0 Å². The lowest BCUT2D eigenvalue weighted by Crippen LogP contribution is -2.29. The van der Waals surface area contributed by atoms with Crippen molar-refractivity contribution in [1.29, 1.82) is 0 Å². The maximum atomic E-state index is 8.93. The lowest BCUT2D eigenvalue weighted by Gasteiger charge is -2.23. The van der Waals surface area contributed by atoms with E-state index in [0.717, 1.165) is 39.0 Å². The summed E-state index contributed by atoms with van der Waals surface area (Å²) in [6.07, 6.45) is 5.46. The molecular formula is C21H29B2NO6. The van der Waals surface area contributed by atoms with E-state index in [1.807, 2.05) is 12.1 Å². The molecule has 4 rings (SSSR count). The molecular weight excluding hydrogens is 384 g/mol. The first-order valence-corrected chi connectivity index (χ1v) is 10.5. The Morgan fingerprint density at radius 2 is 1.33 bits per heavy atom. The van der Waals surface area contributed by atoms with Crippen LogP contribution in [0.25, 0.3) is 0 Å². The molecule has 0 bridgehead atoms. The number of benzene rings is 2. The van der Waals surface area contributed by atoms with Crippen molar-refractivity contribution in [1.82, 2.24) is 0 Å². The van der Waals surface area contributed by atoms with Crippen LogP contribution in [0, 0.1) is 0 Å². The summed E-state index contributed by atoms with van der Waals surface area (Å²) in [5.41, 5.74) is 2.18. The van der Waals surface area contributed by atoms with Crippen molar-refractivity contribution in [3.8, 4) is 5.75 Å². The normalized spacial score (nSPS) is 18.4. The largest absolute Gasteiger partial charge is 0.488 e. The molecule has 1 atom stereocenters. The second kappa shape index (κ2) is 11.4. The van der Waals surface area contributed by atoms with Gasteiger partial charge < -0.3 is 34.5 Å². The van der Waals surface area contributed by atoms with Crippen LogP contribution in [0.4, 0.5) is 5.69 Å². The maximum absolute atomic E-state index is 8.93. The summed E-state index contributed by atoms with van der Waals surface area (Å²) in [6.45, 7) is 2.97. The van der Waals surface area contributed by atoms with E-state index in [4.69, 9.17) is 29.6 Å². The topological polar surface area (TPSA) is 103 Å². The molecule has 2 heterocycles. The van der Waals surface area contributed by atoms with Gasteiger partial charge in [0.05, 0.1) is 6.61 Å². The zero-order chi connectivity index (χ0) is 21.3. The lowest BCUT2D eigenvalue weighted by molar-refractivity contribution is -0.105. The van der Waals surface area contributed by atoms with Crippen molar-refractivity contribution in [3.63, 3.8) is 0 Å². The van der Waals surface area contributed by atoms with Gasteiger partial charge in [-0.25, -0.2) is 0 Å². The van der Waals surface area contributed by atoms with Gasteiger partial charge in [-0.05, 0) is 60.9 Å². The van der Waals surface area contributed by atoms with Crippen LogP contribution in [-0.4, -0.2) is 60.3 Å². The monoisotopic (exact) mass is 413 g/mol. The molecule has 160 valence electrons. The number of anilines is 1. The molecule has 4 N–H and O–H groups in total. The summed E-state index contributed by atoms with van der Waals surface area (Å²) in [5, 5.41) is 35.7. The van der Waals surface area contributed by atoms with E-state index in [0.29, 0.717) is 16.7 Å². The Morgan fingerprint density at radius 3 is 1.83 bits per heavy atom. The maximum Gasteiger partial charge on any atom is 0.488 e. The van der Waals surface area contributed by atoms with E-state index < -0.39 is 14.2 Å². The molecule has 2 aromatic carbocycles. The summed E-state index contributed by atoms with van der Waals surface area (Å²) < 4.78 is 11.0. The predicted molar refractivity (Wildman–Crippen MR) is 118 cm³/mol. The van der Waals surface area contributed by atoms with Crippen molar-refractivity contribution in [2.75, 3.05) is 24.6 Å². The highest BCUT2D eigenvalue weighted by Crippen LogP contribution is 2.19. The zero-order valence-corrected chi connectivity index (χ0v) is 17.1. The fraction of sp³-hybridized carbons (Fsp3) is 0.429. The third kappa shape index (κ3) is 6.75. The van der Waals surface area contributed by atoms with Gasteiger partial charge in [-0.2, -0.15) is 0 Å².